The van der Waals surface area contributed by atoms with Gasteiger partial charge in [-0.05, 0) is 74.9 Å². The van der Waals surface area contributed by atoms with Crippen molar-refractivity contribution in [2.75, 3.05) is 39.3 Å². The molecular formula is C45H49ClN10O6S. The van der Waals surface area contributed by atoms with Crippen LogP contribution in [0.4, 0.5) is 0 Å². The maximum absolute atomic E-state index is 13.9. The second kappa shape index (κ2) is 17.4. The zero-order chi connectivity index (χ0) is 44.1. The number of piperazine rings is 1. The number of carbonyl (C=O) groups is 6. The molecule has 3 unspecified atom stereocenters. The first kappa shape index (κ1) is 42.5. The molecule has 6 amide bonds. The zero-order valence-electron chi connectivity index (χ0n) is 35.4. The number of hydrogen-bond acceptors (Lipinski definition) is 11. The van der Waals surface area contributed by atoms with E-state index < -0.39 is 18.0 Å². The number of halogens is 1. The maximum atomic E-state index is 13.9. The topological polar surface area (TPSA) is 191 Å². The van der Waals surface area contributed by atoms with E-state index in [-0.39, 0.29) is 67.3 Å². The lowest BCUT2D eigenvalue weighted by atomic mass is 9.83. The number of carbonyl (C=O) groups excluding carboxylic acids is 6. The average Bonchev–Trinajstić information content (AvgIpc) is 3.87. The molecule has 2 aromatic carbocycles. The Morgan fingerprint density at radius 2 is 1.62 bits per heavy atom. The van der Waals surface area contributed by atoms with Gasteiger partial charge in [0, 0.05) is 91.2 Å². The van der Waals surface area contributed by atoms with Gasteiger partial charge >= 0.3 is 0 Å². The predicted octanol–water partition coefficient (Wildman–Crippen LogP) is 4.18. The van der Waals surface area contributed by atoms with E-state index in [1.54, 1.807) is 32.1 Å². The van der Waals surface area contributed by atoms with Crippen LogP contribution < -0.4 is 16.0 Å². The molecule has 2 aromatic heterocycles. The zero-order valence-corrected chi connectivity index (χ0v) is 37.0. The Bertz CT molecular complexity index is 2560. The van der Waals surface area contributed by atoms with E-state index in [9.17, 15) is 28.8 Å². The molecule has 4 aromatic rings. The van der Waals surface area contributed by atoms with Gasteiger partial charge < -0.3 is 25.3 Å². The summed E-state index contributed by atoms with van der Waals surface area (Å²) < 4.78 is 2.03. The number of aromatic nitrogens is 3. The van der Waals surface area contributed by atoms with Gasteiger partial charge in [0.2, 0.25) is 29.5 Å². The molecule has 0 bridgehead atoms. The molecule has 0 saturated carbocycles. The van der Waals surface area contributed by atoms with Gasteiger partial charge in [0.25, 0.3) is 5.91 Å². The standard InChI is InChI=1S/C45H49ClN10O6S/c1-24-25(2)63-45-39(24)41(27-7-9-28(46)10-8-27)49-32(42-52-51-26(3)55(42)45)23-38(60)54-21-19-53(20-22-54)37(59)16-15-35(57)48-18-17-47-31-11-12-33-40-29(31)5-4-6-30(40)44(62)56(33)34-13-14-36(58)50-43(34)61/h4-10,31-34,47H,11-23H2,1-3H3,(H,48,57)(H,50,58,61)/t31?,32-,33?,34?/m0/s1. The van der Waals surface area contributed by atoms with Crippen molar-refractivity contribution >= 4 is 64.1 Å². The normalized spacial score (nSPS) is 21.6. The molecule has 9 rings (SSSR count). The minimum atomic E-state index is -0.672. The number of nitrogens with one attached hydrogen (secondary N) is 3. The van der Waals surface area contributed by atoms with Gasteiger partial charge in [-0.15, -0.1) is 21.5 Å². The first-order valence-electron chi connectivity index (χ1n) is 21.6. The van der Waals surface area contributed by atoms with E-state index in [0.29, 0.717) is 68.5 Å². The molecule has 328 valence electrons. The third kappa shape index (κ3) is 8.06. The molecule has 0 spiro atoms. The molecule has 0 radical (unpaired) electrons. The molecule has 1 aliphatic carbocycles. The van der Waals surface area contributed by atoms with Crippen LogP contribution in [0.3, 0.4) is 0 Å². The van der Waals surface area contributed by atoms with Crippen LogP contribution >= 0.6 is 22.9 Å². The van der Waals surface area contributed by atoms with Crippen LogP contribution in [-0.2, 0) is 24.0 Å². The average molecular weight is 893 g/mol. The highest BCUT2D eigenvalue weighted by Crippen LogP contribution is 2.48. The Morgan fingerprint density at radius 3 is 2.37 bits per heavy atom. The molecule has 2 fully saturated rings. The van der Waals surface area contributed by atoms with E-state index in [4.69, 9.17) is 16.6 Å². The second-order valence-corrected chi connectivity index (χ2v) is 18.4. The van der Waals surface area contributed by atoms with Gasteiger partial charge in [-0.2, -0.15) is 0 Å². The molecule has 4 aliphatic heterocycles. The molecule has 2 saturated heterocycles. The highest BCUT2D eigenvalue weighted by atomic mass is 35.5. The van der Waals surface area contributed by atoms with E-state index in [2.05, 4.69) is 40.0 Å². The first-order valence-corrected chi connectivity index (χ1v) is 22.8. The lowest BCUT2D eigenvalue weighted by Crippen LogP contribution is -2.53. The molecule has 16 nitrogen and oxygen atoms in total. The van der Waals surface area contributed by atoms with Crippen LogP contribution in [0.5, 0.6) is 0 Å². The molecular weight excluding hydrogens is 844 g/mol. The van der Waals surface area contributed by atoms with E-state index in [1.165, 1.54) is 0 Å². The summed E-state index contributed by atoms with van der Waals surface area (Å²) in [5.41, 5.74) is 6.33. The van der Waals surface area contributed by atoms with Crippen molar-refractivity contribution < 1.29 is 28.8 Å². The number of amides is 6. The lowest BCUT2D eigenvalue weighted by Gasteiger charge is -2.38. The molecule has 6 heterocycles. The number of imide groups is 1. The Hall–Kier alpha value is -5.78. The Morgan fingerprint density at radius 1 is 0.873 bits per heavy atom. The highest BCUT2D eigenvalue weighted by Gasteiger charge is 2.48. The van der Waals surface area contributed by atoms with Crippen LogP contribution in [0.1, 0.15) is 118 Å². The molecule has 3 N–H and O–H groups in total. The number of hydrogen-bond donors (Lipinski definition) is 3. The third-order valence-electron chi connectivity index (χ3n) is 13.0. The summed E-state index contributed by atoms with van der Waals surface area (Å²) in [7, 11) is 0. The van der Waals surface area contributed by atoms with Crippen molar-refractivity contribution in [2.45, 2.75) is 89.9 Å². The van der Waals surface area contributed by atoms with Gasteiger partial charge in [-0.25, -0.2) is 0 Å². The number of rotatable bonds is 11. The minimum Gasteiger partial charge on any atom is -0.355 e. The summed E-state index contributed by atoms with van der Waals surface area (Å²) in [4.78, 5) is 89.5. The lowest BCUT2D eigenvalue weighted by molar-refractivity contribution is -0.140. The van der Waals surface area contributed by atoms with E-state index >= 15 is 0 Å². The fourth-order valence-electron chi connectivity index (χ4n) is 9.69. The molecule has 4 atom stereocenters. The summed E-state index contributed by atoms with van der Waals surface area (Å²) >= 11 is 7.91. The van der Waals surface area contributed by atoms with Gasteiger partial charge in [-0.3, -0.25) is 43.6 Å². The summed E-state index contributed by atoms with van der Waals surface area (Å²) in [5, 5.41) is 19.3. The van der Waals surface area contributed by atoms with Crippen molar-refractivity contribution in [3.8, 4) is 5.00 Å². The largest absolute Gasteiger partial charge is 0.355 e. The molecule has 5 aliphatic rings. The molecule has 63 heavy (non-hydrogen) atoms. The highest BCUT2D eigenvalue weighted by molar-refractivity contribution is 7.15. The van der Waals surface area contributed by atoms with Crippen LogP contribution in [0.2, 0.25) is 5.02 Å². The van der Waals surface area contributed by atoms with E-state index in [1.807, 2.05) is 47.9 Å². The second-order valence-electron chi connectivity index (χ2n) is 16.8. The van der Waals surface area contributed by atoms with Gasteiger partial charge in [0.1, 0.15) is 22.9 Å². The number of piperidine rings is 1. The summed E-state index contributed by atoms with van der Waals surface area (Å²) in [6.07, 6.45) is 2.12. The predicted molar refractivity (Wildman–Crippen MR) is 235 cm³/mol. The van der Waals surface area contributed by atoms with Crippen LogP contribution in [0.25, 0.3) is 5.00 Å². The fourth-order valence-corrected chi connectivity index (χ4v) is 11.0. The summed E-state index contributed by atoms with van der Waals surface area (Å²) in [6, 6.07) is 11.7. The number of aliphatic imine (C=N–C) groups is 1. The molecule has 18 heteroatoms. The number of nitrogens with zero attached hydrogens (tertiary/aromatic N) is 7. The van der Waals surface area contributed by atoms with Crippen LogP contribution in [0, 0.1) is 20.8 Å². The van der Waals surface area contributed by atoms with Gasteiger partial charge in [0.05, 0.1) is 18.2 Å². The van der Waals surface area contributed by atoms with Crippen molar-refractivity contribution in [1.82, 2.24) is 45.4 Å². The Labute approximate surface area is 373 Å². The van der Waals surface area contributed by atoms with E-state index in [0.717, 1.165) is 55.7 Å². The maximum Gasteiger partial charge on any atom is 0.255 e. The number of aryl methyl sites for hydroxylation is 2. The Balaban J connectivity index is 0.748. The van der Waals surface area contributed by atoms with Crippen LogP contribution in [-0.4, -0.2) is 116 Å². The third-order valence-corrected chi connectivity index (χ3v) is 14.5. The van der Waals surface area contributed by atoms with Gasteiger partial charge in [-0.1, -0.05) is 35.9 Å². The van der Waals surface area contributed by atoms with Crippen molar-refractivity contribution in [3.63, 3.8) is 0 Å². The monoisotopic (exact) mass is 892 g/mol. The summed E-state index contributed by atoms with van der Waals surface area (Å²) in [6.45, 7) is 8.40. The fraction of sp³-hybridized carbons (Fsp3) is 0.444. The Kier molecular flexibility index (Phi) is 11.8. The smallest absolute Gasteiger partial charge is 0.255 e. The SMILES string of the molecule is Cc1sc2c(c1C)C(c1ccc(Cl)cc1)=N[C@@H](CC(=O)N1CCN(C(=O)CCC(=O)NCCNC3CCC4c5c(cccc53)C(=O)N4C3CCC(=O)NC3=O)CC1)c1nnc(C)n1-2. The first-order chi connectivity index (χ1) is 30.4. The quantitative estimate of drug-likeness (QED) is 0.147. The van der Waals surface area contributed by atoms with Crippen molar-refractivity contribution in [3.05, 3.63) is 97.4 Å². The van der Waals surface area contributed by atoms with Crippen molar-refractivity contribution in [1.29, 1.82) is 0 Å². The number of thiophene rings is 1. The summed E-state index contributed by atoms with van der Waals surface area (Å²) in [5.74, 6) is -0.0314. The number of fused-ring (bicyclic) bond motifs is 3. The van der Waals surface area contributed by atoms with Crippen molar-refractivity contribution in [2.24, 2.45) is 4.99 Å². The minimum absolute atomic E-state index is 0.0337. The number of benzene rings is 2. The van der Waals surface area contributed by atoms with Crippen LogP contribution in [0.15, 0.2) is 47.5 Å². The van der Waals surface area contributed by atoms with Gasteiger partial charge in [0.15, 0.2) is 5.82 Å².